The van der Waals surface area contributed by atoms with Gasteiger partial charge >= 0.3 is 0 Å². The molecule has 0 spiro atoms. The van der Waals surface area contributed by atoms with Gasteiger partial charge in [-0.1, -0.05) is 74.1 Å². The number of carbonyl (C=O) groups is 2. The second-order valence-electron chi connectivity index (χ2n) is 6.98. The fraction of sp³-hybridized carbons (Fsp3) is 0.889. The number of hydrogen-bond acceptors (Lipinski definition) is 3. The highest BCUT2D eigenvalue weighted by Crippen LogP contribution is 2.27. The number of hydrogen-bond donors (Lipinski definition) is 1. The first kappa shape index (κ1) is 28.5. The highest BCUT2D eigenvalue weighted by molar-refractivity contribution is 5.11. The smallest absolute Gasteiger partial charge is 0.106 e. The summed E-state index contributed by atoms with van der Waals surface area (Å²) in [5.41, 5.74) is 6.78. The van der Waals surface area contributed by atoms with Gasteiger partial charge in [-0.25, -0.2) is 0 Å². The normalized spacial score (nSPS) is 15.2. The van der Waals surface area contributed by atoms with E-state index in [0.717, 1.165) is 6.42 Å². The van der Waals surface area contributed by atoms with Crippen molar-refractivity contribution in [2.45, 2.75) is 99.0 Å². The maximum Gasteiger partial charge on any atom is 0.106 e. The van der Waals surface area contributed by atoms with Crippen molar-refractivity contribution < 1.29 is 9.59 Å². The number of carbonyl (C=O) groups excluding carboxylic acids is 2. The van der Waals surface area contributed by atoms with Crippen molar-refractivity contribution >= 4 is 13.6 Å². The molecule has 0 bridgehead atoms. The summed E-state index contributed by atoms with van der Waals surface area (Å²) < 4.78 is 0. The van der Waals surface area contributed by atoms with Crippen LogP contribution in [0.15, 0.2) is 0 Å². The molecule has 0 amide bonds. The summed E-state index contributed by atoms with van der Waals surface area (Å²) in [5.74, 6) is 0. The molecule has 0 radical (unpaired) electrons. The first-order valence-corrected chi connectivity index (χ1v) is 8.05. The van der Waals surface area contributed by atoms with Gasteiger partial charge in [-0.15, -0.1) is 0 Å². The molecule has 0 aromatic heterocycles. The Labute approximate surface area is 134 Å². The van der Waals surface area contributed by atoms with E-state index in [9.17, 15) is 0 Å². The molecule has 0 aliphatic heterocycles. The van der Waals surface area contributed by atoms with Gasteiger partial charge in [0.2, 0.25) is 0 Å². The van der Waals surface area contributed by atoms with Crippen LogP contribution < -0.4 is 5.73 Å². The van der Waals surface area contributed by atoms with E-state index in [-0.39, 0.29) is 5.54 Å². The third kappa shape index (κ3) is 38.2. The Hall–Kier alpha value is -0.700. The van der Waals surface area contributed by atoms with Gasteiger partial charge in [0.05, 0.1) is 0 Å². The largest absolute Gasteiger partial charge is 0.325 e. The van der Waals surface area contributed by atoms with Crippen LogP contribution in [0.2, 0.25) is 0 Å². The first-order valence-electron chi connectivity index (χ1n) is 8.05. The van der Waals surface area contributed by atoms with E-state index in [0.29, 0.717) is 5.41 Å². The van der Waals surface area contributed by atoms with E-state index >= 15 is 0 Å². The first-order chi connectivity index (χ1) is 9.68. The van der Waals surface area contributed by atoms with Gasteiger partial charge in [-0.05, 0) is 24.7 Å². The van der Waals surface area contributed by atoms with E-state index in [1.54, 1.807) is 0 Å². The van der Waals surface area contributed by atoms with E-state index in [2.05, 4.69) is 48.5 Å². The van der Waals surface area contributed by atoms with Crippen molar-refractivity contribution in [2.75, 3.05) is 0 Å². The highest BCUT2D eigenvalue weighted by Gasteiger charge is 2.24. The molecular formula is C18H41NO2. The molecule has 0 atom stereocenters. The van der Waals surface area contributed by atoms with Crippen molar-refractivity contribution in [2.24, 2.45) is 11.1 Å². The molecule has 21 heavy (non-hydrogen) atoms. The van der Waals surface area contributed by atoms with Gasteiger partial charge in [-0.2, -0.15) is 0 Å². The molecule has 1 aliphatic rings. The average molecular weight is 304 g/mol. The van der Waals surface area contributed by atoms with Crippen molar-refractivity contribution in [1.29, 1.82) is 0 Å². The lowest BCUT2D eigenvalue weighted by atomic mass is 9.81. The predicted molar refractivity (Wildman–Crippen MR) is 95.6 cm³/mol. The fourth-order valence-corrected chi connectivity index (χ4v) is 1.61. The predicted octanol–water partition coefficient (Wildman–Crippen LogP) is 5.16. The molecular weight excluding hydrogens is 262 g/mol. The summed E-state index contributed by atoms with van der Waals surface area (Å²) >= 11 is 0. The average Bonchev–Trinajstić information content (AvgIpc) is 2.43. The van der Waals surface area contributed by atoms with E-state index in [1.807, 2.05) is 13.6 Å². The number of rotatable bonds is 1. The Balaban J connectivity index is -0.000000103. The summed E-state index contributed by atoms with van der Waals surface area (Å²) in [7, 11) is 0. The Morgan fingerprint density at radius 2 is 1.10 bits per heavy atom. The van der Waals surface area contributed by atoms with E-state index in [4.69, 9.17) is 15.3 Å². The molecule has 1 saturated carbocycles. The molecule has 2 N–H and O–H groups in total. The molecule has 0 heterocycles. The van der Waals surface area contributed by atoms with Crippen LogP contribution in [0, 0.1) is 5.41 Å². The van der Waals surface area contributed by atoms with Crippen molar-refractivity contribution in [3.63, 3.8) is 0 Å². The van der Waals surface area contributed by atoms with Gasteiger partial charge in [0.1, 0.15) is 13.6 Å². The quantitative estimate of drug-likeness (QED) is 0.728. The van der Waals surface area contributed by atoms with Crippen LogP contribution in [0.4, 0.5) is 0 Å². The van der Waals surface area contributed by atoms with Crippen LogP contribution in [0.1, 0.15) is 93.4 Å². The third-order valence-corrected chi connectivity index (χ3v) is 2.55. The molecule has 0 aromatic carbocycles. The summed E-state index contributed by atoms with van der Waals surface area (Å²) in [5, 5.41) is 0. The number of nitrogens with two attached hydrogens (primary N) is 1. The lowest BCUT2D eigenvalue weighted by molar-refractivity contribution is -0.0987. The molecule has 130 valence electrons. The molecule has 0 unspecified atom stereocenters. The van der Waals surface area contributed by atoms with Crippen molar-refractivity contribution in [3.05, 3.63) is 0 Å². The Bertz CT molecular complexity index is 174. The van der Waals surface area contributed by atoms with E-state index in [1.165, 1.54) is 38.5 Å². The Kier molecular flexibility index (Phi) is 26.2. The van der Waals surface area contributed by atoms with Gasteiger partial charge < -0.3 is 15.3 Å². The minimum atomic E-state index is 0.220. The molecule has 3 heteroatoms. The minimum Gasteiger partial charge on any atom is -0.325 e. The Morgan fingerprint density at radius 3 is 1.24 bits per heavy atom. The molecule has 0 aromatic rings. The maximum atomic E-state index is 8.00. The zero-order valence-corrected chi connectivity index (χ0v) is 15.8. The van der Waals surface area contributed by atoms with E-state index < -0.39 is 0 Å². The monoisotopic (exact) mass is 303 g/mol. The lowest BCUT2D eigenvalue weighted by Gasteiger charge is -2.32. The molecule has 1 aliphatic carbocycles. The van der Waals surface area contributed by atoms with Crippen LogP contribution in [0.5, 0.6) is 0 Å². The standard InChI is InChI=1S/C8H17N.C5H12.C3H8.2CH2O/c1-2-8(9)6-4-3-5-7-8;1-5(2,3)4;1-3-2;2*1-2/h2-7,9H2,1H3;1-4H3;3H2,1-2H3;2*1H2. The van der Waals surface area contributed by atoms with Crippen LogP contribution in [-0.2, 0) is 9.59 Å². The van der Waals surface area contributed by atoms with Crippen LogP contribution in [0.25, 0.3) is 0 Å². The van der Waals surface area contributed by atoms with Crippen LogP contribution in [0.3, 0.4) is 0 Å². The second-order valence-corrected chi connectivity index (χ2v) is 6.98. The van der Waals surface area contributed by atoms with Gasteiger partial charge in [-0.3, -0.25) is 0 Å². The molecule has 3 nitrogen and oxygen atoms in total. The summed E-state index contributed by atoms with van der Waals surface area (Å²) in [6, 6.07) is 0. The molecule has 0 saturated heterocycles. The zero-order valence-electron chi connectivity index (χ0n) is 15.8. The minimum absolute atomic E-state index is 0.220. The SMILES string of the molecule is C=O.C=O.CC(C)(C)C.CCC.CCC1(N)CCCCC1. The van der Waals surface area contributed by atoms with Gasteiger partial charge in [0.15, 0.2) is 0 Å². The van der Waals surface area contributed by atoms with Crippen LogP contribution in [-0.4, -0.2) is 19.1 Å². The van der Waals surface area contributed by atoms with Crippen LogP contribution >= 0.6 is 0 Å². The molecule has 1 rings (SSSR count). The Morgan fingerprint density at radius 1 is 0.857 bits per heavy atom. The van der Waals surface area contributed by atoms with Crippen molar-refractivity contribution in [1.82, 2.24) is 0 Å². The second kappa shape index (κ2) is 19.3. The zero-order chi connectivity index (χ0) is 17.9. The maximum absolute atomic E-state index is 8.00. The van der Waals surface area contributed by atoms with Gasteiger partial charge in [0, 0.05) is 5.54 Å². The lowest BCUT2D eigenvalue weighted by Crippen LogP contribution is -2.40. The summed E-state index contributed by atoms with van der Waals surface area (Å²) in [4.78, 5) is 16.0. The molecule has 1 fully saturated rings. The topological polar surface area (TPSA) is 60.2 Å². The van der Waals surface area contributed by atoms with Gasteiger partial charge in [0.25, 0.3) is 0 Å². The summed E-state index contributed by atoms with van der Waals surface area (Å²) in [6.07, 6.45) is 9.02. The third-order valence-electron chi connectivity index (χ3n) is 2.55. The highest BCUT2D eigenvalue weighted by atomic mass is 16.1. The fourth-order valence-electron chi connectivity index (χ4n) is 1.61. The van der Waals surface area contributed by atoms with Crippen molar-refractivity contribution in [3.8, 4) is 0 Å². The summed E-state index contributed by atoms with van der Waals surface area (Å²) in [6.45, 7) is 19.2.